The summed E-state index contributed by atoms with van der Waals surface area (Å²) in [6, 6.07) is 12.5. The Labute approximate surface area is 107 Å². The van der Waals surface area contributed by atoms with Crippen molar-refractivity contribution in [2.75, 3.05) is 0 Å². The van der Waals surface area contributed by atoms with Gasteiger partial charge >= 0.3 is 0 Å². The highest BCUT2D eigenvalue weighted by Gasteiger charge is 2.14. The average Bonchev–Trinajstić information content (AvgIpc) is 2.38. The lowest BCUT2D eigenvalue weighted by molar-refractivity contribution is 0.103. The normalized spacial score (nSPS) is 10.3. The van der Waals surface area contributed by atoms with Crippen LogP contribution in [0.15, 0.2) is 42.5 Å². The number of rotatable bonds is 3. The van der Waals surface area contributed by atoms with Crippen molar-refractivity contribution in [3.63, 3.8) is 0 Å². The lowest BCUT2D eigenvalue weighted by Gasteiger charge is -2.08. The van der Waals surface area contributed by atoms with Gasteiger partial charge in [-0.2, -0.15) is 0 Å². The number of hydrogen-bond acceptors (Lipinski definition) is 2. The van der Waals surface area contributed by atoms with Gasteiger partial charge in [0.25, 0.3) is 0 Å². The van der Waals surface area contributed by atoms with Crippen LogP contribution in [0.2, 0.25) is 0 Å². The van der Waals surface area contributed by atoms with Gasteiger partial charge in [0.1, 0.15) is 5.75 Å². The number of benzene rings is 2. The fourth-order valence-corrected chi connectivity index (χ4v) is 2.01. The van der Waals surface area contributed by atoms with Crippen molar-refractivity contribution in [3.05, 3.63) is 64.7 Å². The molecule has 0 unspecified atom stereocenters. The first-order valence-electron chi connectivity index (χ1n) is 6.05. The summed E-state index contributed by atoms with van der Waals surface area (Å²) >= 11 is 0. The first-order chi connectivity index (χ1) is 8.63. The third kappa shape index (κ3) is 2.28. The second kappa shape index (κ2) is 5.05. The Kier molecular flexibility index (Phi) is 3.47. The summed E-state index contributed by atoms with van der Waals surface area (Å²) in [5.41, 5.74) is 3.16. The zero-order valence-electron chi connectivity index (χ0n) is 10.6. The van der Waals surface area contributed by atoms with Crippen molar-refractivity contribution < 1.29 is 9.90 Å². The van der Waals surface area contributed by atoms with Crippen LogP contribution in [0.1, 0.15) is 34.0 Å². The monoisotopic (exact) mass is 240 g/mol. The molecule has 0 saturated carbocycles. The minimum absolute atomic E-state index is 0.0291. The van der Waals surface area contributed by atoms with Crippen molar-refractivity contribution in [3.8, 4) is 5.75 Å². The van der Waals surface area contributed by atoms with Gasteiger partial charge in [-0.05, 0) is 36.6 Å². The second-order valence-electron chi connectivity index (χ2n) is 4.35. The predicted octanol–water partition coefficient (Wildman–Crippen LogP) is 3.49. The van der Waals surface area contributed by atoms with E-state index < -0.39 is 0 Å². The van der Waals surface area contributed by atoms with Gasteiger partial charge in [-0.15, -0.1) is 0 Å². The van der Waals surface area contributed by atoms with E-state index in [-0.39, 0.29) is 11.5 Å². The summed E-state index contributed by atoms with van der Waals surface area (Å²) < 4.78 is 0. The number of para-hydroxylation sites is 1. The fraction of sp³-hybridized carbons (Fsp3) is 0.188. The van der Waals surface area contributed by atoms with Crippen LogP contribution in [0, 0.1) is 6.92 Å². The largest absolute Gasteiger partial charge is 0.507 e. The summed E-state index contributed by atoms with van der Waals surface area (Å²) in [6.07, 6.45) is 0.950. The molecule has 2 aromatic carbocycles. The lowest BCUT2D eigenvalue weighted by atomic mass is 9.96. The molecule has 0 saturated heterocycles. The van der Waals surface area contributed by atoms with Crippen molar-refractivity contribution in [2.45, 2.75) is 20.3 Å². The van der Waals surface area contributed by atoms with E-state index in [1.165, 1.54) is 11.6 Å². The van der Waals surface area contributed by atoms with Gasteiger partial charge in [0.05, 0.1) is 5.56 Å². The van der Waals surface area contributed by atoms with Gasteiger partial charge in [0.15, 0.2) is 5.78 Å². The minimum atomic E-state index is -0.131. The Morgan fingerprint density at radius 3 is 2.44 bits per heavy atom. The molecule has 0 heterocycles. The molecule has 2 heteroatoms. The van der Waals surface area contributed by atoms with E-state index in [2.05, 4.69) is 6.92 Å². The number of phenols is 1. The molecular weight excluding hydrogens is 224 g/mol. The third-order valence-electron chi connectivity index (χ3n) is 3.09. The molecule has 2 nitrogen and oxygen atoms in total. The standard InChI is InChI=1S/C16H16O2/c1-3-12-8-9-13(11(2)10-12)16(18)14-6-4-5-7-15(14)17/h4-10,17H,3H2,1-2H3. The van der Waals surface area contributed by atoms with Crippen LogP contribution < -0.4 is 0 Å². The molecule has 0 aliphatic rings. The van der Waals surface area contributed by atoms with Crippen LogP contribution in [0.5, 0.6) is 5.75 Å². The lowest BCUT2D eigenvalue weighted by Crippen LogP contribution is -2.04. The molecule has 92 valence electrons. The van der Waals surface area contributed by atoms with Crippen LogP contribution in [0.25, 0.3) is 0 Å². The number of aryl methyl sites for hydroxylation is 2. The number of aromatic hydroxyl groups is 1. The summed E-state index contributed by atoms with van der Waals surface area (Å²) in [7, 11) is 0. The molecule has 0 spiro atoms. The zero-order chi connectivity index (χ0) is 13.1. The van der Waals surface area contributed by atoms with Gasteiger partial charge in [-0.3, -0.25) is 4.79 Å². The molecule has 0 aromatic heterocycles. The maximum absolute atomic E-state index is 12.3. The van der Waals surface area contributed by atoms with Crippen LogP contribution in [-0.4, -0.2) is 10.9 Å². The highest BCUT2D eigenvalue weighted by Crippen LogP contribution is 2.22. The molecule has 2 rings (SSSR count). The molecule has 18 heavy (non-hydrogen) atoms. The molecule has 0 aliphatic carbocycles. The predicted molar refractivity (Wildman–Crippen MR) is 72.1 cm³/mol. The van der Waals surface area contributed by atoms with Gasteiger partial charge in [0, 0.05) is 5.56 Å². The molecule has 0 amide bonds. The minimum Gasteiger partial charge on any atom is -0.507 e. The molecular formula is C16H16O2. The van der Waals surface area contributed by atoms with E-state index in [1.807, 2.05) is 25.1 Å². The maximum atomic E-state index is 12.3. The molecule has 0 bridgehead atoms. The summed E-state index contributed by atoms with van der Waals surface area (Å²) in [6.45, 7) is 4.01. The van der Waals surface area contributed by atoms with E-state index >= 15 is 0 Å². The van der Waals surface area contributed by atoms with Crippen molar-refractivity contribution in [2.24, 2.45) is 0 Å². The number of hydrogen-bond donors (Lipinski definition) is 1. The first-order valence-corrected chi connectivity index (χ1v) is 6.05. The van der Waals surface area contributed by atoms with Crippen LogP contribution >= 0.6 is 0 Å². The van der Waals surface area contributed by atoms with Crippen LogP contribution in [-0.2, 0) is 6.42 Å². The topological polar surface area (TPSA) is 37.3 Å². The van der Waals surface area contributed by atoms with Crippen molar-refractivity contribution in [1.82, 2.24) is 0 Å². The Morgan fingerprint density at radius 2 is 1.83 bits per heavy atom. The quantitative estimate of drug-likeness (QED) is 0.834. The Bertz CT molecular complexity index is 585. The number of carbonyl (C=O) groups excluding carboxylic acids is 1. The maximum Gasteiger partial charge on any atom is 0.197 e. The van der Waals surface area contributed by atoms with Crippen LogP contribution in [0.3, 0.4) is 0 Å². The van der Waals surface area contributed by atoms with E-state index in [0.717, 1.165) is 12.0 Å². The highest BCUT2D eigenvalue weighted by atomic mass is 16.3. The highest BCUT2D eigenvalue weighted by molar-refractivity contribution is 6.11. The Morgan fingerprint density at radius 1 is 1.11 bits per heavy atom. The molecule has 0 aliphatic heterocycles. The van der Waals surface area contributed by atoms with Crippen molar-refractivity contribution >= 4 is 5.78 Å². The van der Waals surface area contributed by atoms with Gasteiger partial charge in [-0.25, -0.2) is 0 Å². The number of ketones is 1. The second-order valence-corrected chi connectivity index (χ2v) is 4.35. The molecule has 0 atom stereocenters. The van der Waals surface area contributed by atoms with Gasteiger partial charge < -0.3 is 5.11 Å². The fourth-order valence-electron chi connectivity index (χ4n) is 2.01. The van der Waals surface area contributed by atoms with E-state index in [0.29, 0.717) is 11.1 Å². The Hall–Kier alpha value is -2.09. The molecule has 0 radical (unpaired) electrons. The first kappa shape index (κ1) is 12.4. The van der Waals surface area contributed by atoms with Gasteiger partial charge in [0.2, 0.25) is 0 Å². The zero-order valence-corrected chi connectivity index (χ0v) is 10.6. The molecule has 2 aromatic rings. The van der Waals surface area contributed by atoms with E-state index in [1.54, 1.807) is 18.2 Å². The summed E-state index contributed by atoms with van der Waals surface area (Å²) in [4.78, 5) is 12.3. The molecule has 0 fully saturated rings. The number of carbonyl (C=O) groups is 1. The van der Waals surface area contributed by atoms with E-state index in [9.17, 15) is 9.90 Å². The smallest absolute Gasteiger partial charge is 0.197 e. The summed E-state index contributed by atoms with van der Waals surface area (Å²) in [5.74, 6) is -0.102. The SMILES string of the molecule is CCc1ccc(C(=O)c2ccccc2O)c(C)c1. The summed E-state index contributed by atoms with van der Waals surface area (Å²) in [5, 5.41) is 9.71. The number of phenolic OH excluding ortho intramolecular Hbond substituents is 1. The third-order valence-corrected chi connectivity index (χ3v) is 3.09. The van der Waals surface area contributed by atoms with E-state index in [4.69, 9.17) is 0 Å². The average molecular weight is 240 g/mol. The van der Waals surface area contributed by atoms with Crippen LogP contribution in [0.4, 0.5) is 0 Å². The molecule has 1 N–H and O–H groups in total. The Balaban J connectivity index is 2.44. The van der Waals surface area contributed by atoms with Crippen molar-refractivity contribution in [1.29, 1.82) is 0 Å². The van der Waals surface area contributed by atoms with Gasteiger partial charge in [-0.1, -0.05) is 37.3 Å².